The molecule has 2 aliphatic rings. The summed E-state index contributed by atoms with van der Waals surface area (Å²) < 4.78 is 0. The van der Waals surface area contributed by atoms with Crippen LogP contribution in [0, 0.1) is 0 Å². The average molecular weight is 238 g/mol. The zero-order valence-electron chi connectivity index (χ0n) is 11.8. The van der Waals surface area contributed by atoms with Crippen molar-refractivity contribution < 1.29 is 0 Å². The lowest BCUT2D eigenvalue weighted by Crippen LogP contribution is -2.64. The minimum atomic E-state index is 0.484. The van der Waals surface area contributed by atoms with E-state index in [0.29, 0.717) is 5.54 Å². The van der Waals surface area contributed by atoms with E-state index in [2.05, 4.69) is 24.1 Å². The third-order valence-corrected chi connectivity index (χ3v) is 4.68. The maximum Gasteiger partial charge on any atom is 0.0309 e. The van der Waals surface area contributed by atoms with Gasteiger partial charge in [0.1, 0.15) is 0 Å². The molecule has 2 rings (SSSR count). The predicted molar refractivity (Wildman–Crippen MR) is 74.4 cm³/mol. The molecule has 1 heterocycles. The van der Waals surface area contributed by atoms with Crippen molar-refractivity contribution >= 4 is 0 Å². The molecule has 1 aliphatic heterocycles. The third kappa shape index (κ3) is 3.23. The molecule has 1 spiro atoms. The summed E-state index contributed by atoms with van der Waals surface area (Å²) in [6.07, 6.45) is 11.1. The Balaban J connectivity index is 1.96. The van der Waals surface area contributed by atoms with E-state index in [9.17, 15) is 0 Å². The van der Waals surface area contributed by atoms with Gasteiger partial charge in [-0.3, -0.25) is 4.90 Å². The molecule has 1 saturated heterocycles. The molecule has 1 aliphatic carbocycles. The molecule has 0 aromatic heterocycles. The smallest absolute Gasteiger partial charge is 0.0309 e. The molecule has 2 fully saturated rings. The highest BCUT2D eigenvalue weighted by atomic mass is 15.3. The van der Waals surface area contributed by atoms with Gasteiger partial charge in [-0.15, -0.1) is 0 Å². The second kappa shape index (κ2) is 6.19. The zero-order chi connectivity index (χ0) is 12.1. The Hall–Kier alpha value is -0.0800. The molecule has 0 radical (unpaired) electrons. The summed E-state index contributed by atoms with van der Waals surface area (Å²) in [6.45, 7) is 8.47. The molecule has 0 bridgehead atoms. The van der Waals surface area contributed by atoms with Gasteiger partial charge in [-0.2, -0.15) is 0 Å². The van der Waals surface area contributed by atoms with Crippen molar-refractivity contribution in [2.45, 2.75) is 76.8 Å². The largest absolute Gasteiger partial charge is 0.308 e. The molecule has 1 N–H and O–H groups in total. The van der Waals surface area contributed by atoms with Crippen LogP contribution in [0.15, 0.2) is 0 Å². The standard InChI is InChI=1S/C15H30N2/c1-3-8-14-12-16-15(9-6-5-7-10-15)13-17(14)11-4-2/h14,16H,3-13H2,1-2H3. The lowest BCUT2D eigenvalue weighted by molar-refractivity contribution is 0.0519. The van der Waals surface area contributed by atoms with Gasteiger partial charge in [0.2, 0.25) is 0 Å². The van der Waals surface area contributed by atoms with Crippen LogP contribution in [0.25, 0.3) is 0 Å². The molecule has 1 unspecified atom stereocenters. The fraction of sp³-hybridized carbons (Fsp3) is 1.00. The second-order valence-corrected chi connectivity index (χ2v) is 6.13. The van der Waals surface area contributed by atoms with Crippen LogP contribution >= 0.6 is 0 Å². The minimum Gasteiger partial charge on any atom is -0.308 e. The van der Waals surface area contributed by atoms with E-state index in [1.165, 1.54) is 71.0 Å². The predicted octanol–water partition coefficient (Wildman–Crippen LogP) is 3.17. The van der Waals surface area contributed by atoms with E-state index in [-0.39, 0.29) is 0 Å². The number of hydrogen-bond donors (Lipinski definition) is 1. The molecule has 100 valence electrons. The number of rotatable bonds is 4. The van der Waals surface area contributed by atoms with Crippen LogP contribution in [-0.2, 0) is 0 Å². The van der Waals surface area contributed by atoms with Gasteiger partial charge in [0, 0.05) is 24.7 Å². The summed E-state index contributed by atoms with van der Waals surface area (Å²) in [7, 11) is 0. The van der Waals surface area contributed by atoms with Crippen molar-refractivity contribution in [3.05, 3.63) is 0 Å². The lowest BCUT2D eigenvalue weighted by Gasteiger charge is -2.50. The summed E-state index contributed by atoms with van der Waals surface area (Å²) in [6, 6.07) is 0.799. The molecule has 2 heteroatoms. The zero-order valence-corrected chi connectivity index (χ0v) is 11.8. The molecular formula is C15H30N2. The van der Waals surface area contributed by atoms with E-state index in [0.717, 1.165) is 6.04 Å². The van der Waals surface area contributed by atoms with Crippen LogP contribution in [0.3, 0.4) is 0 Å². The number of piperazine rings is 1. The van der Waals surface area contributed by atoms with Crippen LogP contribution in [0.2, 0.25) is 0 Å². The van der Waals surface area contributed by atoms with Crippen molar-refractivity contribution in [3.63, 3.8) is 0 Å². The number of nitrogens with one attached hydrogen (secondary N) is 1. The van der Waals surface area contributed by atoms with Crippen LogP contribution in [0.4, 0.5) is 0 Å². The van der Waals surface area contributed by atoms with E-state index in [1.54, 1.807) is 0 Å². The Bertz CT molecular complexity index is 221. The highest BCUT2D eigenvalue weighted by Gasteiger charge is 2.38. The molecule has 2 nitrogen and oxygen atoms in total. The van der Waals surface area contributed by atoms with Crippen LogP contribution in [-0.4, -0.2) is 36.1 Å². The van der Waals surface area contributed by atoms with Gasteiger partial charge in [0.15, 0.2) is 0 Å². The first-order chi connectivity index (χ1) is 8.29. The maximum absolute atomic E-state index is 3.92. The Morgan fingerprint density at radius 3 is 2.53 bits per heavy atom. The minimum absolute atomic E-state index is 0.484. The van der Waals surface area contributed by atoms with Crippen molar-refractivity contribution in [1.82, 2.24) is 10.2 Å². The third-order valence-electron chi connectivity index (χ3n) is 4.68. The van der Waals surface area contributed by atoms with Crippen molar-refractivity contribution in [2.75, 3.05) is 19.6 Å². The molecule has 1 saturated carbocycles. The summed E-state index contributed by atoms with van der Waals surface area (Å²) in [5, 5.41) is 3.92. The molecular weight excluding hydrogens is 208 g/mol. The van der Waals surface area contributed by atoms with E-state index >= 15 is 0 Å². The van der Waals surface area contributed by atoms with Crippen molar-refractivity contribution in [3.8, 4) is 0 Å². The first kappa shape index (κ1) is 13.4. The van der Waals surface area contributed by atoms with Crippen LogP contribution in [0.1, 0.15) is 65.2 Å². The van der Waals surface area contributed by atoms with Gasteiger partial charge >= 0.3 is 0 Å². The quantitative estimate of drug-likeness (QED) is 0.809. The first-order valence-corrected chi connectivity index (χ1v) is 7.79. The van der Waals surface area contributed by atoms with E-state index in [1.807, 2.05) is 0 Å². The maximum atomic E-state index is 3.92. The monoisotopic (exact) mass is 238 g/mol. The van der Waals surface area contributed by atoms with Gasteiger partial charge in [-0.25, -0.2) is 0 Å². The van der Waals surface area contributed by atoms with E-state index in [4.69, 9.17) is 0 Å². The molecule has 1 atom stereocenters. The highest BCUT2D eigenvalue weighted by Crippen LogP contribution is 2.32. The summed E-state index contributed by atoms with van der Waals surface area (Å²) >= 11 is 0. The van der Waals surface area contributed by atoms with Crippen LogP contribution < -0.4 is 5.32 Å². The molecule has 0 aromatic rings. The van der Waals surface area contributed by atoms with E-state index < -0.39 is 0 Å². The Labute approximate surface area is 107 Å². The molecule has 17 heavy (non-hydrogen) atoms. The SMILES string of the molecule is CCCC1CNC2(CCCCC2)CN1CCC. The Kier molecular flexibility index (Phi) is 4.87. The van der Waals surface area contributed by atoms with Crippen molar-refractivity contribution in [2.24, 2.45) is 0 Å². The molecule has 0 amide bonds. The van der Waals surface area contributed by atoms with Gasteiger partial charge in [-0.1, -0.05) is 39.5 Å². The average Bonchev–Trinajstić information content (AvgIpc) is 2.35. The normalized spacial score (nSPS) is 29.6. The fourth-order valence-electron chi connectivity index (χ4n) is 3.77. The summed E-state index contributed by atoms with van der Waals surface area (Å²) in [5.41, 5.74) is 0.484. The summed E-state index contributed by atoms with van der Waals surface area (Å²) in [5.74, 6) is 0. The lowest BCUT2D eigenvalue weighted by atomic mass is 9.79. The number of nitrogens with zero attached hydrogens (tertiary/aromatic N) is 1. The highest BCUT2D eigenvalue weighted by molar-refractivity contribution is 4.99. The van der Waals surface area contributed by atoms with Crippen LogP contribution in [0.5, 0.6) is 0 Å². The van der Waals surface area contributed by atoms with Crippen molar-refractivity contribution in [1.29, 1.82) is 0 Å². The Morgan fingerprint density at radius 2 is 1.88 bits per heavy atom. The van der Waals surface area contributed by atoms with Gasteiger partial charge in [-0.05, 0) is 32.2 Å². The molecule has 0 aromatic carbocycles. The van der Waals surface area contributed by atoms with Gasteiger partial charge < -0.3 is 5.32 Å². The Morgan fingerprint density at radius 1 is 1.12 bits per heavy atom. The topological polar surface area (TPSA) is 15.3 Å². The first-order valence-electron chi connectivity index (χ1n) is 7.79. The number of hydrogen-bond acceptors (Lipinski definition) is 2. The fourth-order valence-corrected chi connectivity index (χ4v) is 3.77. The van der Waals surface area contributed by atoms with Gasteiger partial charge in [0.25, 0.3) is 0 Å². The second-order valence-electron chi connectivity index (χ2n) is 6.13. The van der Waals surface area contributed by atoms with Gasteiger partial charge in [0.05, 0.1) is 0 Å². The summed E-state index contributed by atoms with van der Waals surface area (Å²) in [4.78, 5) is 2.78.